The largest absolute Gasteiger partial charge is 0.458 e. The number of aliphatic hydroxyl groups excluding tert-OH is 1. The van der Waals surface area contributed by atoms with Crippen molar-refractivity contribution in [1.82, 2.24) is 0 Å². The Morgan fingerprint density at radius 3 is 1.87 bits per heavy atom. The highest BCUT2D eigenvalue weighted by molar-refractivity contribution is 5.66. The first-order valence-electron chi connectivity index (χ1n) is 12.4. The maximum absolute atomic E-state index is 10.8. The average Bonchev–Trinajstić information content (AvgIpc) is 2.73. The minimum absolute atomic E-state index is 0.189. The second-order valence-electron chi connectivity index (χ2n) is 8.13. The normalized spacial score (nSPS) is 12.8. The monoisotopic (exact) mass is 424 g/mol. The fourth-order valence-corrected chi connectivity index (χ4v) is 3.30. The molecule has 4 heteroatoms. The van der Waals surface area contributed by atoms with Crippen LogP contribution in [0.4, 0.5) is 0 Å². The predicted molar refractivity (Wildman–Crippen MR) is 127 cm³/mol. The number of aliphatic hydroxyl groups is 1. The van der Waals surface area contributed by atoms with Crippen molar-refractivity contribution in [2.45, 2.75) is 116 Å². The van der Waals surface area contributed by atoms with Gasteiger partial charge in [-0.05, 0) is 38.5 Å². The summed E-state index contributed by atoms with van der Waals surface area (Å²) < 4.78 is 10.4. The SMILES string of the molecule is CCCCCC/C=C\C/C=C\CCCCCCCCCCOCC(CO)OC(C)=O. The minimum atomic E-state index is -0.533. The Balaban J connectivity index is 3.25. The lowest BCUT2D eigenvalue weighted by atomic mass is 10.1. The third-order valence-electron chi connectivity index (χ3n) is 5.08. The third-order valence-corrected chi connectivity index (χ3v) is 5.08. The van der Waals surface area contributed by atoms with Gasteiger partial charge in [-0.1, -0.05) is 89.0 Å². The molecule has 176 valence electrons. The molecule has 1 unspecified atom stereocenters. The van der Waals surface area contributed by atoms with E-state index in [1.54, 1.807) is 0 Å². The van der Waals surface area contributed by atoms with Gasteiger partial charge in [-0.15, -0.1) is 0 Å². The summed E-state index contributed by atoms with van der Waals surface area (Å²) in [6.07, 6.45) is 27.7. The van der Waals surface area contributed by atoms with E-state index in [2.05, 4.69) is 31.2 Å². The van der Waals surface area contributed by atoms with Crippen LogP contribution >= 0.6 is 0 Å². The van der Waals surface area contributed by atoms with Crippen LogP contribution < -0.4 is 0 Å². The summed E-state index contributed by atoms with van der Waals surface area (Å²) in [6, 6.07) is 0. The molecule has 30 heavy (non-hydrogen) atoms. The molecule has 1 N–H and O–H groups in total. The molecule has 0 amide bonds. The van der Waals surface area contributed by atoms with Gasteiger partial charge < -0.3 is 14.6 Å². The van der Waals surface area contributed by atoms with Crippen LogP contribution in [0.3, 0.4) is 0 Å². The number of carbonyl (C=O) groups excluding carboxylic acids is 1. The first-order valence-corrected chi connectivity index (χ1v) is 12.4. The molecular weight excluding hydrogens is 376 g/mol. The molecule has 0 aliphatic rings. The Morgan fingerprint density at radius 2 is 1.33 bits per heavy atom. The average molecular weight is 425 g/mol. The standard InChI is InChI=1S/C26H48O4/c1-3-4-5-6-7-8-9-10-11-12-13-14-15-16-17-18-19-20-21-22-29-24-26(23-27)30-25(2)28/h8-9,11-12,26-27H,3-7,10,13-24H2,1-2H3/b9-8-,12-11-. The van der Waals surface area contributed by atoms with Gasteiger partial charge in [-0.25, -0.2) is 0 Å². The molecule has 0 bridgehead atoms. The number of allylic oxidation sites excluding steroid dienone is 4. The molecular formula is C26H48O4. The summed E-state index contributed by atoms with van der Waals surface area (Å²) in [5, 5.41) is 9.08. The van der Waals surface area contributed by atoms with E-state index in [4.69, 9.17) is 14.6 Å². The lowest BCUT2D eigenvalue weighted by Gasteiger charge is -2.14. The first kappa shape index (κ1) is 28.9. The zero-order chi connectivity index (χ0) is 22.1. The molecule has 0 radical (unpaired) electrons. The van der Waals surface area contributed by atoms with Crippen molar-refractivity contribution in [1.29, 1.82) is 0 Å². The van der Waals surface area contributed by atoms with Crippen LogP contribution in [-0.4, -0.2) is 37.0 Å². The summed E-state index contributed by atoms with van der Waals surface area (Å²) in [5.41, 5.74) is 0. The third kappa shape index (κ3) is 23.2. The lowest BCUT2D eigenvalue weighted by molar-refractivity contribution is -0.152. The van der Waals surface area contributed by atoms with E-state index < -0.39 is 6.10 Å². The van der Waals surface area contributed by atoms with Gasteiger partial charge in [0, 0.05) is 13.5 Å². The Hall–Kier alpha value is -1.13. The van der Waals surface area contributed by atoms with E-state index >= 15 is 0 Å². The van der Waals surface area contributed by atoms with Crippen molar-refractivity contribution in [3.63, 3.8) is 0 Å². The van der Waals surface area contributed by atoms with Crippen molar-refractivity contribution < 1.29 is 19.4 Å². The van der Waals surface area contributed by atoms with Crippen molar-refractivity contribution in [3.8, 4) is 0 Å². The second-order valence-corrected chi connectivity index (χ2v) is 8.13. The van der Waals surface area contributed by atoms with Crippen LogP contribution in [0, 0.1) is 0 Å². The number of esters is 1. The highest BCUT2D eigenvalue weighted by atomic mass is 16.6. The maximum atomic E-state index is 10.8. The van der Waals surface area contributed by atoms with Crippen molar-refractivity contribution in [3.05, 3.63) is 24.3 Å². The van der Waals surface area contributed by atoms with Gasteiger partial charge in [0.25, 0.3) is 0 Å². The van der Waals surface area contributed by atoms with E-state index in [1.165, 1.54) is 90.4 Å². The van der Waals surface area contributed by atoms with Crippen LogP contribution in [-0.2, 0) is 14.3 Å². The van der Waals surface area contributed by atoms with E-state index in [0.717, 1.165) is 12.8 Å². The molecule has 0 aliphatic carbocycles. The number of unbranched alkanes of at least 4 members (excludes halogenated alkanes) is 12. The van der Waals surface area contributed by atoms with E-state index in [1.807, 2.05) is 0 Å². The Kier molecular flexibility index (Phi) is 23.2. The molecule has 0 aromatic carbocycles. The van der Waals surface area contributed by atoms with Gasteiger partial charge in [-0.2, -0.15) is 0 Å². The van der Waals surface area contributed by atoms with Crippen molar-refractivity contribution >= 4 is 5.97 Å². The summed E-state index contributed by atoms with van der Waals surface area (Å²) in [6.45, 7) is 4.35. The molecule has 0 aliphatic heterocycles. The van der Waals surface area contributed by atoms with Crippen LogP contribution in [0.1, 0.15) is 110 Å². The van der Waals surface area contributed by atoms with Gasteiger partial charge >= 0.3 is 5.97 Å². The number of carbonyl (C=O) groups is 1. The molecule has 0 spiro atoms. The molecule has 0 saturated heterocycles. The summed E-state index contributed by atoms with van der Waals surface area (Å²) in [7, 11) is 0. The fraction of sp³-hybridized carbons (Fsp3) is 0.808. The van der Waals surface area contributed by atoms with Gasteiger partial charge in [0.15, 0.2) is 0 Å². The molecule has 0 aromatic heterocycles. The van der Waals surface area contributed by atoms with E-state index in [9.17, 15) is 4.79 Å². The fourth-order valence-electron chi connectivity index (χ4n) is 3.30. The molecule has 0 saturated carbocycles. The summed E-state index contributed by atoms with van der Waals surface area (Å²) >= 11 is 0. The molecule has 0 aromatic rings. The Morgan fingerprint density at radius 1 is 0.800 bits per heavy atom. The number of rotatable bonds is 22. The van der Waals surface area contributed by atoms with Gasteiger partial charge in [0.05, 0.1) is 13.2 Å². The summed E-state index contributed by atoms with van der Waals surface area (Å²) in [4.78, 5) is 10.8. The van der Waals surface area contributed by atoms with E-state index in [0.29, 0.717) is 6.61 Å². The molecule has 0 rings (SSSR count). The molecule has 4 nitrogen and oxygen atoms in total. The van der Waals surface area contributed by atoms with Gasteiger partial charge in [-0.3, -0.25) is 4.79 Å². The van der Waals surface area contributed by atoms with Crippen molar-refractivity contribution in [2.24, 2.45) is 0 Å². The minimum Gasteiger partial charge on any atom is -0.458 e. The highest BCUT2D eigenvalue weighted by Crippen LogP contribution is 2.10. The zero-order valence-corrected chi connectivity index (χ0v) is 19.8. The van der Waals surface area contributed by atoms with Gasteiger partial charge in [0.2, 0.25) is 0 Å². The van der Waals surface area contributed by atoms with Crippen molar-refractivity contribution in [2.75, 3.05) is 19.8 Å². The first-order chi connectivity index (χ1) is 14.7. The topological polar surface area (TPSA) is 55.8 Å². The van der Waals surface area contributed by atoms with E-state index in [-0.39, 0.29) is 19.2 Å². The molecule has 0 fully saturated rings. The van der Waals surface area contributed by atoms with Gasteiger partial charge in [0.1, 0.15) is 6.10 Å². The molecule has 0 heterocycles. The Labute approximate surface area is 186 Å². The maximum Gasteiger partial charge on any atom is 0.303 e. The van der Waals surface area contributed by atoms with Crippen LogP contribution in [0.5, 0.6) is 0 Å². The number of hydrogen-bond acceptors (Lipinski definition) is 4. The van der Waals surface area contributed by atoms with Crippen LogP contribution in [0.2, 0.25) is 0 Å². The van der Waals surface area contributed by atoms with Crippen LogP contribution in [0.25, 0.3) is 0 Å². The smallest absolute Gasteiger partial charge is 0.303 e. The number of hydrogen-bond donors (Lipinski definition) is 1. The highest BCUT2D eigenvalue weighted by Gasteiger charge is 2.10. The quantitative estimate of drug-likeness (QED) is 0.116. The predicted octanol–water partition coefficient (Wildman–Crippen LogP) is 6.91. The summed E-state index contributed by atoms with van der Waals surface area (Å²) in [5.74, 6) is -0.380. The molecule has 1 atom stereocenters. The van der Waals surface area contributed by atoms with Crippen LogP contribution in [0.15, 0.2) is 24.3 Å². The lowest BCUT2D eigenvalue weighted by Crippen LogP contribution is -2.26. The second kappa shape index (κ2) is 24.1. The Bertz CT molecular complexity index is 417. The number of ether oxygens (including phenoxy) is 2. The zero-order valence-electron chi connectivity index (χ0n) is 19.8.